The van der Waals surface area contributed by atoms with Crippen LogP contribution in [0, 0.1) is 11.8 Å². The van der Waals surface area contributed by atoms with E-state index in [1.807, 2.05) is 24.3 Å². The third kappa shape index (κ3) is 7.76. The minimum absolute atomic E-state index is 0.562. The molecule has 0 aromatic heterocycles. The zero-order valence-electron chi connectivity index (χ0n) is 16.1. The summed E-state index contributed by atoms with van der Waals surface area (Å²) in [6.45, 7) is 3.41. The van der Waals surface area contributed by atoms with E-state index in [-0.39, 0.29) is 0 Å². The van der Waals surface area contributed by atoms with E-state index in [2.05, 4.69) is 43.0 Å². The lowest BCUT2D eigenvalue weighted by molar-refractivity contribution is 0.146. The summed E-state index contributed by atoms with van der Waals surface area (Å²) in [6, 6.07) is 16.5. The molecule has 2 heteroatoms. The van der Waals surface area contributed by atoms with Crippen LogP contribution >= 0.6 is 0 Å². The summed E-state index contributed by atoms with van der Waals surface area (Å²) < 4.78 is 10.5. The Hall–Kier alpha value is -2.24. The van der Waals surface area contributed by atoms with Gasteiger partial charge in [0.25, 0.3) is 0 Å². The summed E-state index contributed by atoms with van der Waals surface area (Å²) in [6.07, 6.45) is 7.80. The van der Waals surface area contributed by atoms with Crippen molar-refractivity contribution in [2.75, 3.05) is 20.3 Å². The van der Waals surface area contributed by atoms with Crippen LogP contribution in [-0.4, -0.2) is 20.3 Å². The topological polar surface area (TPSA) is 18.5 Å². The van der Waals surface area contributed by atoms with Gasteiger partial charge in [-0.05, 0) is 54.8 Å². The predicted molar refractivity (Wildman–Crippen MR) is 109 cm³/mol. The number of rotatable bonds is 10. The Morgan fingerprint density at radius 1 is 0.731 bits per heavy atom. The maximum Gasteiger partial charge on any atom is 0.119 e. The van der Waals surface area contributed by atoms with Gasteiger partial charge in [0.05, 0.1) is 6.61 Å². The van der Waals surface area contributed by atoms with Gasteiger partial charge in [-0.2, -0.15) is 0 Å². The third-order valence-corrected chi connectivity index (χ3v) is 4.28. The minimum Gasteiger partial charge on any atom is -0.491 e. The van der Waals surface area contributed by atoms with Gasteiger partial charge >= 0.3 is 0 Å². The lowest BCUT2D eigenvalue weighted by Crippen LogP contribution is -2.03. The van der Waals surface area contributed by atoms with Crippen molar-refractivity contribution >= 4 is 0 Å². The highest BCUT2D eigenvalue weighted by molar-refractivity contribution is 5.44. The summed E-state index contributed by atoms with van der Waals surface area (Å²) in [5.74, 6) is 7.29. The van der Waals surface area contributed by atoms with Crippen LogP contribution in [0.4, 0.5) is 0 Å². The highest BCUT2D eigenvalue weighted by atomic mass is 16.5. The summed E-state index contributed by atoms with van der Waals surface area (Å²) in [4.78, 5) is 0. The molecule has 0 saturated carbocycles. The Morgan fingerprint density at radius 2 is 1.35 bits per heavy atom. The van der Waals surface area contributed by atoms with Crippen LogP contribution in [-0.2, 0) is 11.2 Å². The Morgan fingerprint density at radius 3 is 1.96 bits per heavy atom. The van der Waals surface area contributed by atoms with Crippen LogP contribution < -0.4 is 4.74 Å². The molecule has 0 N–H and O–H groups in total. The van der Waals surface area contributed by atoms with Gasteiger partial charge in [0.1, 0.15) is 12.4 Å². The van der Waals surface area contributed by atoms with Crippen molar-refractivity contribution in [2.24, 2.45) is 0 Å². The van der Waals surface area contributed by atoms with Gasteiger partial charge in [-0.3, -0.25) is 0 Å². The first-order chi connectivity index (χ1) is 12.8. The van der Waals surface area contributed by atoms with Gasteiger partial charge in [0.15, 0.2) is 0 Å². The van der Waals surface area contributed by atoms with Crippen LogP contribution in [0.5, 0.6) is 5.75 Å². The first-order valence-electron chi connectivity index (χ1n) is 9.64. The molecule has 0 radical (unpaired) electrons. The van der Waals surface area contributed by atoms with Gasteiger partial charge in [-0.1, -0.05) is 56.6 Å². The highest BCUT2D eigenvalue weighted by Crippen LogP contribution is 2.12. The molecular weight excluding hydrogens is 320 g/mol. The van der Waals surface area contributed by atoms with Gasteiger partial charge in [0.2, 0.25) is 0 Å². The number of methoxy groups -OCH3 is 1. The Labute approximate surface area is 158 Å². The van der Waals surface area contributed by atoms with Crippen molar-refractivity contribution in [1.82, 2.24) is 0 Å². The van der Waals surface area contributed by atoms with Crippen molar-refractivity contribution in [2.45, 2.75) is 45.4 Å². The molecule has 0 heterocycles. The van der Waals surface area contributed by atoms with Crippen LogP contribution in [0.15, 0.2) is 48.5 Å². The fourth-order valence-corrected chi connectivity index (χ4v) is 2.71. The van der Waals surface area contributed by atoms with E-state index in [0.29, 0.717) is 13.2 Å². The maximum absolute atomic E-state index is 5.56. The van der Waals surface area contributed by atoms with E-state index in [9.17, 15) is 0 Å². The van der Waals surface area contributed by atoms with Gasteiger partial charge < -0.3 is 9.47 Å². The molecule has 0 aliphatic carbocycles. The Bertz CT molecular complexity index is 675. The summed E-state index contributed by atoms with van der Waals surface area (Å²) in [7, 11) is 1.67. The summed E-state index contributed by atoms with van der Waals surface area (Å²) in [5, 5.41) is 0. The second kappa shape index (κ2) is 12.2. The number of hydrogen-bond acceptors (Lipinski definition) is 2. The standard InChI is InChI=1S/C24H30O2/c1-3-4-5-6-7-8-21-9-11-22(12-10-21)13-14-23-15-17-24(18-16-23)26-20-19-25-2/h9-12,15-18H,3-8,19-20H2,1-2H3. The zero-order chi connectivity index (χ0) is 18.5. The number of aryl methyl sites for hydroxylation is 1. The van der Waals surface area contributed by atoms with Crippen molar-refractivity contribution in [3.05, 3.63) is 65.2 Å². The van der Waals surface area contributed by atoms with Crippen LogP contribution in [0.1, 0.15) is 55.7 Å². The molecule has 2 rings (SSSR count). The van der Waals surface area contributed by atoms with Gasteiger partial charge in [-0.25, -0.2) is 0 Å². The molecule has 2 aromatic carbocycles. The quantitative estimate of drug-likeness (QED) is 0.409. The average molecular weight is 351 g/mol. The molecule has 0 spiro atoms. The van der Waals surface area contributed by atoms with Gasteiger partial charge in [-0.15, -0.1) is 0 Å². The van der Waals surface area contributed by atoms with Crippen LogP contribution in [0.3, 0.4) is 0 Å². The second-order valence-corrected chi connectivity index (χ2v) is 6.48. The van der Waals surface area contributed by atoms with Crippen LogP contribution in [0.25, 0.3) is 0 Å². The van der Waals surface area contributed by atoms with E-state index < -0.39 is 0 Å². The monoisotopic (exact) mass is 350 g/mol. The second-order valence-electron chi connectivity index (χ2n) is 6.48. The van der Waals surface area contributed by atoms with Gasteiger partial charge in [0, 0.05) is 18.2 Å². The molecule has 2 nitrogen and oxygen atoms in total. The van der Waals surface area contributed by atoms with Crippen molar-refractivity contribution in [1.29, 1.82) is 0 Å². The Kier molecular flexibility index (Phi) is 9.40. The maximum atomic E-state index is 5.56. The number of hydrogen-bond donors (Lipinski definition) is 0. The molecule has 0 unspecified atom stereocenters. The van der Waals surface area contributed by atoms with Crippen LogP contribution in [0.2, 0.25) is 0 Å². The minimum atomic E-state index is 0.562. The highest BCUT2D eigenvalue weighted by Gasteiger charge is 1.96. The number of unbranched alkanes of at least 4 members (excludes halogenated alkanes) is 4. The fraction of sp³-hybridized carbons (Fsp3) is 0.417. The molecule has 26 heavy (non-hydrogen) atoms. The molecule has 0 bridgehead atoms. The smallest absolute Gasteiger partial charge is 0.119 e. The van der Waals surface area contributed by atoms with E-state index in [1.165, 1.54) is 44.1 Å². The van der Waals surface area contributed by atoms with E-state index in [0.717, 1.165) is 16.9 Å². The normalized spacial score (nSPS) is 10.2. The first kappa shape index (κ1) is 20.1. The molecule has 0 fully saturated rings. The molecule has 0 saturated heterocycles. The van der Waals surface area contributed by atoms with E-state index in [4.69, 9.17) is 9.47 Å². The molecule has 0 aliphatic heterocycles. The largest absolute Gasteiger partial charge is 0.491 e. The lowest BCUT2D eigenvalue weighted by Gasteiger charge is -2.04. The number of benzene rings is 2. The fourth-order valence-electron chi connectivity index (χ4n) is 2.71. The SMILES string of the molecule is CCCCCCCc1ccc(C#Cc2ccc(OCCOC)cc2)cc1. The molecule has 2 aromatic rings. The van der Waals surface area contributed by atoms with E-state index >= 15 is 0 Å². The van der Waals surface area contributed by atoms with Crippen molar-refractivity contribution in [3.8, 4) is 17.6 Å². The summed E-state index contributed by atoms with van der Waals surface area (Å²) in [5.41, 5.74) is 3.45. The molecular formula is C24H30O2. The number of ether oxygens (including phenoxy) is 2. The molecule has 138 valence electrons. The van der Waals surface area contributed by atoms with Crippen molar-refractivity contribution in [3.63, 3.8) is 0 Å². The summed E-state index contributed by atoms with van der Waals surface area (Å²) >= 11 is 0. The van der Waals surface area contributed by atoms with Crippen molar-refractivity contribution < 1.29 is 9.47 Å². The Balaban J connectivity index is 1.81. The predicted octanol–water partition coefficient (Wildman–Crippen LogP) is 5.62. The van der Waals surface area contributed by atoms with E-state index in [1.54, 1.807) is 7.11 Å². The molecule has 0 aliphatic rings. The lowest BCUT2D eigenvalue weighted by atomic mass is 10.0. The molecule has 0 amide bonds. The molecule has 0 atom stereocenters. The zero-order valence-corrected chi connectivity index (χ0v) is 16.1. The first-order valence-corrected chi connectivity index (χ1v) is 9.64. The average Bonchev–Trinajstić information content (AvgIpc) is 2.68. The third-order valence-electron chi connectivity index (χ3n) is 4.28.